The lowest BCUT2D eigenvalue weighted by molar-refractivity contribution is -0.114. The molecule has 2 rings (SSSR count). The molecule has 0 bridgehead atoms. The van der Waals surface area contributed by atoms with Gasteiger partial charge in [0, 0.05) is 16.7 Å². The van der Waals surface area contributed by atoms with E-state index in [4.69, 9.17) is 0 Å². The first-order valence-corrected chi connectivity index (χ1v) is 6.96. The molecular weight excluding hydrogens is 196 g/mol. The Morgan fingerprint density at radius 3 is 2.58 bits per heavy atom. The van der Waals surface area contributed by atoms with Crippen LogP contribution in [0.2, 0.25) is 0 Å². The van der Waals surface area contributed by atoms with E-state index in [1.807, 2.05) is 0 Å². The predicted octanol–water partition coefficient (Wildman–Crippen LogP) is 1.15. The summed E-state index contributed by atoms with van der Waals surface area (Å²) in [6.07, 6.45) is 3.42. The third-order valence-electron chi connectivity index (χ3n) is 2.57. The molecule has 3 nitrogen and oxygen atoms in total. The molecule has 0 N–H and O–H groups in total. The lowest BCUT2D eigenvalue weighted by atomic mass is 9.90. The van der Waals surface area contributed by atoms with Crippen molar-refractivity contribution in [3.05, 3.63) is 0 Å². The Balaban J connectivity index is 2.34. The topological polar surface area (TPSA) is 51.2 Å². The molecule has 1 aliphatic carbocycles. The van der Waals surface area contributed by atoms with E-state index in [0.29, 0.717) is 17.2 Å². The van der Waals surface area contributed by atoms with E-state index >= 15 is 0 Å². The molecule has 1 heterocycles. The number of hydrogen-bond donors (Lipinski definition) is 0. The first-order chi connectivity index (χ1) is 5.61. The molecule has 1 saturated carbocycles. The first-order valence-electron chi connectivity index (χ1n) is 4.08. The fourth-order valence-electron chi connectivity index (χ4n) is 1.95. The summed E-state index contributed by atoms with van der Waals surface area (Å²) in [4.78, 5) is 11.2. The van der Waals surface area contributed by atoms with Crippen LogP contribution in [0, 0.1) is 5.92 Å². The highest BCUT2D eigenvalue weighted by atomic mass is 33.1. The molecule has 1 aliphatic heterocycles. The Hall–Kier alpha value is -0.0300. The van der Waals surface area contributed by atoms with Gasteiger partial charge in [0.25, 0.3) is 0 Å². The highest BCUT2D eigenvalue weighted by molar-refractivity contribution is 8.78. The van der Waals surface area contributed by atoms with Crippen LogP contribution in [0.15, 0.2) is 0 Å². The van der Waals surface area contributed by atoms with E-state index in [0.717, 1.165) is 19.3 Å². The molecule has 0 aromatic carbocycles. The molecule has 0 amide bonds. The molecule has 0 radical (unpaired) electrons. The van der Waals surface area contributed by atoms with E-state index in [9.17, 15) is 13.2 Å². The highest BCUT2D eigenvalue weighted by Crippen LogP contribution is 2.44. The van der Waals surface area contributed by atoms with Gasteiger partial charge in [0.05, 0.1) is 5.25 Å². The van der Waals surface area contributed by atoms with Crippen molar-refractivity contribution in [1.82, 2.24) is 0 Å². The maximum absolute atomic E-state index is 11.3. The Morgan fingerprint density at radius 2 is 1.92 bits per heavy atom. The molecular formula is C7H10O3S2. The number of carbonyl (C=O) groups is 1. The maximum Gasteiger partial charge on any atom is 0.212 e. The quantitative estimate of drug-likeness (QED) is 0.558. The minimum Gasteiger partial charge on any atom is -0.286 e. The van der Waals surface area contributed by atoms with Gasteiger partial charge in [-0.25, -0.2) is 8.42 Å². The molecule has 0 aromatic rings. The van der Waals surface area contributed by atoms with Crippen LogP contribution in [0.25, 0.3) is 0 Å². The van der Waals surface area contributed by atoms with Crippen LogP contribution in [-0.4, -0.2) is 18.8 Å². The van der Waals surface area contributed by atoms with Crippen LogP contribution >= 0.6 is 10.8 Å². The van der Waals surface area contributed by atoms with E-state index in [2.05, 4.69) is 0 Å². The van der Waals surface area contributed by atoms with Crippen LogP contribution in [0.1, 0.15) is 25.7 Å². The van der Waals surface area contributed by atoms with Crippen molar-refractivity contribution in [1.29, 1.82) is 0 Å². The van der Waals surface area contributed by atoms with Gasteiger partial charge < -0.3 is 0 Å². The molecule has 0 spiro atoms. The molecule has 2 unspecified atom stereocenters. The summed E-state index contributed by atoms with van der Waals surface area (Å²) in [7, 11) is -2.57. The normalized spacial score (nSPS) is 39.5. The summed E-state index contributed by atoms with van der Waals surface area (Å²) in [6.45, 7) is 0. The SMILES string of the molecule is O=C1SS(=O)(=O)C2CCCCC12. The van der Waals surface area contributed by atoms with Crippen molar-refractivity contribution in [2.75, 3.05) is 0 Å². The van der Waals surface area contributed by atoms with Crippen molar-refractivity contribution in [3.63, 3.8) is 0 Å². The second-order valence-electron chi connectivity index (χ2n) is 3.32. The summed E-state index contributed by atoms with van der Waals surface area (Å²) >= 11 is 0. The van der Waals surface area contributed by atoms with Crippen LogP contribution in [0.3, 0.4) is 0 Å². The average molecular weight is 206 g/mol. The lowest BCUT2D eigenvalue weighted by Gasteiger charge is -2.20. The third kappa shape index (κ3) is 1.19. The van der Waals surface area contributed by atoms with Crippen LogP contribution in [0.5, 0.6) is 0 Å². The highest BCUT2D eigenvalue weighted by Gasteiger charge is 2.48. The van der Waals surface area contributed by atoms with Crippen molar-refractivity contribution in [2.45, 2.75) is 30.9 Å². The predicted molar refractivity (Wildman–Crippen MR) is 47.3 cm³/mol. The van der Waals surface area contributed by atoms with Gasteiger partial charge in [-0.3, -0.25) is 4.79 Å². The summed E-state index contributed by atoms with van der Waals surface area (Å²) in [5.41, 5.74) is 0. The van der Waals surface area contributed by atoms with Crippen molar-refractivity contribution in [2.24, 2.45) is 5.92 Å². The molecule has 0 aromatic heterocycles. The Bertz CT molecular complexity index is 307. The fourth-order valence-corrected chi connectivity index (χ4v) is 6.03. The fraction of sp³-hybridized carbons (Fsp3) is 0.857. The summed E-state index contributed by atoms with van der Waals surface area (Å²) in [6, 6.07) is 0. The largest absolute Gasteiger partial charge is 0.286 e. The molecule has 2 atom stereocenters. The van der Waals surface area contributed by atoms with Gasteiger partial charge in [0.1, 0.15) is 0 Å². The zero-order valence-electron chi connectivity index (χ0n) is 6.52. The van der Waals surface area contributed by atoms with Gasteiger partial charge in [0.15, 0.2) is 0 Å². The van der Waals surface area contributed by atoms with Crippen molar-refractivity contribution < 1.29 is 13.2 Å². The molecule has 2 fully saturated rings. The zero-order chi connectivity index (χ0) is 8.77. The Morgan fingerprint density at radius 1 is 1.25 bits per heavy atom. The standard InChI is InChI=1S/C7H10O3S2/c8-7-5-3-1-2-4-6(5)12(9,10)11-7/h5-6H,1-4H2. The minimum atomic E-state index is -3.13. The summed E-state index contributed by atoms with van der Waals surface area (Å²) < 4.78 is 22.7. The van der Waals surface area contributed by atoms with E-state index in [-0.39, 0.29) is 16.3 Å². The minimum absolute atomic E-state index is 0.125. The van der Waals surface area contributed by atoms with Gasteiger partial charge in [-0.1, -0.05) is 12.8 Å². The van der Waals surface area contributed by atoms with Crippen molar-refractivity contribution in [3.8, 4) is 0 Å². The molecule has 1 saturated heterocycles. The summed E-state index contributed by atoms with van der Waals surface area (Å²) in [5, 5.41) is -0.483. The lowest BCUT2D eigenvalue weighted by Crippen LogP contribution is -2.27. The second kappa shape index (κ2) is 2.73. The van der Waals surface area contributed by atoms with Gasteiger partial charge in [0.2, 0.25) is 14.0 Å². The number of rotatable bonds is 0. The van der Waals surface area contributed by atoms with E-state index in [1.54, 1.807) is 0 Å². The molecule has 2 aliphatic rings. The van der Waals surface area contributed by atoms with Crippen LogP contribution < -0.4 is 0 Å². The number of fused-ring (bicyclic) bond motifs is 1. The second-order valence-corrected chi connectivity index (χ2v) is 7.38. The Kier molecular flexibility index (Phi) is 1.95. The van der Waals surface area contributed by atoms with E-state index < -0.39 is 8.87 Å². The molecule has 68 valence electrons. The van der Waals surface area contributed by atoms with Gasteiger partial charge in [-0.05, 0) is 12.8 Å². The summed E-state index contributed by atoms with van der Waals surface area (Å²) in [5.74, 6) is -0.186. The monoisotopic (exact) mass is 206 g/mol. The maximum atomic E-state index is 11.3. The number of hydrogen-bond acceptors (Lipinski definition) is 4. The van der Waals surface area contributed by atoms with Crippen LogP contribution in [-0.2, 0) is 13.7 Å². The smallest absolute Gasteiger partial charge is 0.212 e. The average Bonchev–Trinajstić information content (AvgIpc) is 2.25. The third-order valence-corrected chi connectivity index (χ3v) is 6.51. The molecule has 12 heavy (non-hydrogen) atoms. The van der Waals surface area contributed by atoms with Crippen LogP contribution in [0.4, 0.5) is 0 Å². The van der Waals surface area contributed by atoms with Crippen molar-refractivity contribution >= 4 is 24.8 Å². The van der Waals surface area contributed by atoms with Gasteiger partial charge in [-0.15, -0.1) is 0 Å². The van der Waals surface area contributed by atoms with Gasteiger partial charge in [-0.2, -0.15) is 0 Å². The zero-order valence-corrected chi connectivity index (χ0v) is 8.16. The molecule has 5 heteroatoms. The van der Waals surface area contributed by atoms with Gasteiger partial charge >= 0.3 is 0 Å². The Labute approximate surface area is 75.2 Å². The first kappa shape index (κ1) is 8.56. The number of carbonyl (C=O) groups excluding carboxylic acids is 1. The van der Waals surface area contributed by atoms with E-state index in [1.165, 1.54) is 0 Å².